The number of carbonyl (C=O) groups excluding carboxylic acids is 9. The van der Waals surface area contributed by atoms with Crippen molar-refractivity contribution in [3.05, 3.63) is 161 Å². The average molecular weight is 1310 g/mol. The third-order valence-corrected chi connectivity index (χ3v) is 16.8. The van der Waals surface area contributed by atoms with Gasteiger partial charge in [0.25, 0.3) is 35.4 Å². The van der Waals surface area contributed by atoms with Crippen molar-refractivity contribution in [2.24, 2.45) is 0 Å². The van der Waals surface area contributed by atoms with Crippen LogP contribution in [0.15, 0.2) is 128 Å². The van der Waals surface area contributed by atoms with E-state index < -0.39 is 11.9 Å². The summed E-state index contributed by atoms with van der Waals surface area (Å²) >= 11 is 0. The van der Waals surface area contributed by atoms with E-state index in [1.807, 2.05) is 48.5 Å². The van der Waals surface area contributed by atoms with Gasteiger partial charge in [0.1, 0.15) is 17.2 Å². The lowest BCUT2D eigenvalue weighted by atomic mass is 9.93. The van der Waals surface area contributed by atoms with E-state index in [-0.39, 0.29) is 48.0 Å². The van der Waals surface area contributed by atoms with Gasteiger partial charge in [-0.1, -0.05) is 135 Å². The third-order valence-electron chi connectivity index (χ3n) is 16.8. The van der Waals surface area contributed by atoms with Gasteiger partial charge < -0.3 is 28.4 Å². The second-order valence-corrected chi connectivity index (χ2v) is 24.2. The molecule has 0 bridgehead atoms. The Kier molecular flexibility index (Phi) is 29.0. The van der Waals surface area contributed by atoms with Gasteiger partial charge in [-0.3, -0.25) is 43.5 Å². The fraction of sp³-hybridized carbons (Fsp3) is 0.423. The molecule has 18 nitrogen and oxygen atoms in total. The van der Waals surface area contributed by atoms with Crippen molar-refractivity contribution in [3.63, 3.8) is 0 Å². The fourth-order valence-corrected chi connectivity index (χ4v) is 11.6. The van der Waals surface area contributed by atoms with Crippen LogP contribution in [0.5, 0.6) is 17.2 Å². The van der Waals surface area contributed by atoms with E-state index in [0.29, 0.717) is 137 Å². The van der Waals surface area contributed by atoms with Crippen LogP contribution in [0.4, 0.5) is 0 Å². The summed E-state index contributed by atoms with van der Waals surface area (Å²) in [6, 6.07) is 27.1. The lowest BCUT2D eigenvalue weighted by molar-refractivity contribution is -0.140. The number of esters is 3. The van der Waals surface area contributed by atoms with Gasteiger partial charge in [0.15, 0.2) is 0 Å². The van der Waals surface area contributed by atoms with Crippen LogP contribution in [-0.2, 0) is 28.6 Å². The maximum Gasteiger partial charge on any atom is 0.333 e. The van der Waals surface area contributed by atoms with E-state index in [1.54, 1.807) is 56.3 Å². The first-order chi connectivity index (χ1) is 46.5. The Bertz CT molecular complexity index is 3760. The van der Waals surface area contributed by atoms with Gasteiger partial charge in [-0.25, -0.2) is 14.4 Å². The van der Waals surface area contributed by atoms with Crippen LogP contribution in [0.25, 0.3) is 32.3 Å². The van der Waals surface area contributed by atoms with Gasteiger partial charge in [-0.15, -0.1) is 0 Å². The molecule has 0 saturated heterocycles. The molecule has 0 aromatic heterocycles. The molecule has 0 aliphatic carbocycles. The van der Waals surface area contributed by atoms with Crippen molar-refractivity contribution in [1.82, 2.24) is 14.7 Å². The van der Waals surface area contributed by atoms with Crippen LogP contribution < -0.4 is 14.2 Å². The molecular formula is C78H93N3O15. The molecule has 6 aromatic carbocycles. The summed E-state index contributed by atoms with van der Waals surface area (Å²) in [7, 11) is 0. The van der Waals surface area contributed by atoms with Crippen molar-refractivity contribution in [1.29, 1.82) is 0 Å². The number of hydrogen-bond acceptors (Lipinski definition) is 15. The van der Waals surface area contributed by atoms with E-state index in [2.05, 4.69) is 40.5 Å². The number of carbonyl (C=O) groups is 9. The first-order valence-corrected chi connectivity index (χ1v) is 34.1. The van der Waals surface area contributed by atoms with E-state index in [0.717, 1.165) is 138 Å². The molecule has 0 saturated carbocycles. The molecule has 0 spiro atoms. The first kappa shape index (κ1) is 74.0. The lowest BCUT2D eigenvalue weighted by Crippen LogP contribution is -2.40. The van der Waals surface area contributed by atoms with Gasteiger partial charge in [0.05, 0.1) is 39.6 Å². The highest BCUT2D eigenvalue weighted by molar-refractivity contribution is 6.28. The quantitative estimate of drug-likeness (QED) is 0.0116. The van der Waals surface area contributed by atoms with Gasteiger partial charge in [0, 0.05) is 109 Å². The standard InChI is InChI=1S/C27H33NO5.C26H31NO5.C25H29NO5/c1-4-5-6-8-16-28-25(29)21-13-11-12-20-23(15-14-22(24(20)21)26(28)30)32-17-9-7-10-18-33-27(31)19(2)3;1-3-5-6-8-16-27-25(29)20-13-11-12-19-22(15-14-21(24(19)20)26(27)30)31-17-9-7-10-18-32-23(28)4-2;1-4-5-6-7-14-26-23(27)19-11-8-10-18-21(13-12-20(22(18)19)24(26)28)30-15-9-16-31-25(29)17(2)3/h11-15H,2,4-10,16-18H2,1,3H3;4,11-15H,2-3,5-10,16-18H2,1H3;8,10-13H,2,4-7,9,14-16H2,1,3H3. The summed E-state index contributed by atoms with van der Waals surface area (Å²) in [5.74, 6) is -0.651. The summed E-state index contributed by atoms with van der Waals surface area (Å²) < 4.78 is 33.0. The molecule has 0 fully saturated rings. The van der Waals surface area contributed by atoms with Crippen LogP contribution in [-0.4, -0.2) is 127 Å². The van der Waals surface area contributed by atoms with E-state index in [9.17, 15) is 43.2 Å². The monoisotopic (exact) mass is 1310 g/mol. The molecule has 9 rings (SSSR count). The molecule has 0 N–H and O–H groups in total. The Morgan fingerprint density at radius 3 is 0.948 bits per heavy atom. The predicted molar refractivity (Wildman–Crippen MR) is 372 cm³/mol. The minimum absolute atomic E-state index is 0.226. The van der Waals surface area contributed by atoms with Gasteiger partial charge >= 0.3 is 17.9 Å². The average Bonchev–Trinajstić information content (AvgIpc) is 0.761. The number of ether oxygens (including phenoxy) is 6. The van der Waals surface area contributed by atoms with E-state index in [4.69, 9.17) is 28.4 Å². The van der Waals surface area contributed by atoms with E-state index in [1.165, 1.54) is 14.7 Å². The van der Waals surface area contributed by atoms with Gasteiger partial charge in [-0.2, -0.15) is 0 Å². The summed E-state index contributed by atoms with van der Waals surface area (Å²) in [6.45, 7) is 23.7. The molecule has 96 heavy (non-hydrogen) atoms. The zero-order valence-corrected chi connectivity index (χ0v) is 56.6. The first-order valence-electron chi connectivity index (χ1n) is 34.1. The molecule has 3 heterocycles. The smallest absolute Gasteiger partial charge is 0.333 e. The highest BCUT2D eigenvalue weighted by atomic mass is 16.5. The number of imide groups is 3. The molecule has 6 aromatic rings. The molecule has 0 radical (unpaired) electrons. The van der Waals surface area contributed by atoms with Crippen molar-refractivity contribution in [2.75, 3.05) is 59.3 Å². The van der Waals surface area contributed by atoms with Crippen molar-refractivity contribution in [3.8, 4) is 17.2 Å². The second-order valence-electron chi connectivity index (χ2n) is 24.2. The number of benzene rings is 6. The molecule has 6 amide bonds. The third kappa shape index (κ3) is 19.2. The van der Waals surface area contributed by atoms with Crippen molar-refractivity contribution >= 4 is 85.7 Å². The molecular weight excluding hydrogens is 1220 g/mol. The number of hydrogen-bond donors (Lipinski definition) is 0. The summed E-state index contributed by atoms with van der Waals surface area (Å²) in [6.07, 6.45) is 18.6. The maximum atomic E-state index is 13.1. The van der Waals surface area contributed by atoms with Gasteiger partial charge in [-0.05, 0) is 126 Å². The number of nitrogens with zero attached hydrogens (tertiary/aromatic N) is 3. The summed E-state index contributed by atoms with van der Waals surface area (Å²) in [5, 5.41) is 4.32. The van der Waals surface area contributed by atoms with E-state index >= 15 is 0 Å². The SMILES string of the molecule is C=C(C)C(=O)OCCCCCOc1ccc2c3c(cccc13)C(=O)N(CCCCCC)C2=O.C=C(C)C(=O)OCCCOc1ccc2c3c(cccc13)C(=O)N(CCCCCC)C2=O.C=CC(=O)OCCCCCOc1ccc2c3c(cccc13)C(=O)N(CCCCCC)C2=O. The molecule has 18 heteroatoms. The Morgan fingerprint density at radius 2 is 0.635 bits per heavy atom. The molecule has 3 aliphatic heterocycles. The van der Waals surface area contributed by atoms with Crippen LogP contribution in [0, 0.1) is 0 Å². The van der Waals surface area contributed by atoms with Gasteiger partial charge in [0.2, 0.25) is 0 Å². The summed E-state index contributed by atoms with van der Waals surface area (Å²) in [5.41, 5.74) is 4.05. The van der Waals surface area contributed by atoms with Crippen molar-refractivity contribution < 1.29 is 71.6 Å². The zero-order valence-electron chi connectivity index (χ0n) is 56.6. The van der Waals surface area contributed by atoms with Crippen molar-refractivity contribution in [2.45, 2.75) is 157 Å². The zero-order chi connectivity index (χ0) is 69.1. The summed E-state index contributed by atoms with van der Waals surface area (Å²) in [4.78, 5) is 116. The number of amides is 6. The fourth-order valence-electron chi connectivity index (χ4n) is 11.6. The molecule has 510 valence electrons. The Morgan fingerprint density at radius 1 is 0.354 bits per heavy atom. The molecule has 0 atom stereocenters. The lowest BCUT2D eigenvalue weighted by Gasteiger charge is -2.27. The van der Waals surface area contributed by atoms with Crippen LogP contribution in [0.2, 0.25) is 0 Å². The van der Waals surface area contributed by atoms with Crippen LogP contribution in [0.3, 0.4) is 0 Å². The topological polar surface area (TPSA) is 219 Å². The predicted octanol–water partition coefficient (Wildman–Crippen LogP) is 15.9. The highest BCUT2D eigenvalue weighted by Crippen LogP contribution is 2.39. The molecule has 0 unspecified atom stereocenters. The second kappa shape index (κ2) is 37.6. The Labute approximate surface area is 563 Å². The Hall–Kier alpha value is -9.45. The number of rotatable bonds is 37. The maximum absolute atomic E-state index is 13.1. The minimum Gasteiger partial charge on any atom is -0.493 e. The van der Waals surface area contributed by atoms with Crippen LogP contribution in [0.1, 0.15) is 219 Å². The molecule has 3 aliphatic rings. The van der Waals surface area contributed by atoms with Crippen LogP contribution >= 0.6 is 0 Å². The highest BCUT2D eigenvalue weighted by Gasteiger charge is 2.36. The normalized spacial score (nSPS) is 12.9. The minimum atomic E-state index is -0.419. The Balaban J connectivity index is 0.000000203. The largest absolute Gasteiger partial charge is 0.493 e. The number of unbranched alkanes of at least 4 members (excludes halogenated alkanes) is 13.